The van der Waals surface area contributed by atoms with Crippen molar-refractivity contribution >= 4 is 22.5 Å². The van der Waals surface area contributed by atoms with Gasteiger partial charge in [0.15, 0.2) is 0 Å². The van der Waals surface area contributed by atoms with Gasteiger partial charge in [0.05, 0.1) is 5.52 Å². The minimum absolute atomic E-state index is 0.0919. The highest BCUT2D eigenvalue weighted by molar-refractivity contribution is 5.96. The Morgan fingerprint density at radius 1 is 1.24 bits per heavy atom. The van der Waals surface area contributed by atoms with E-state index in [1.165, 1.54) is 22.2 Å². The molecule has 1 aromatic carbocycles. The summed E-state index contributed by atoms with van der Waals surface area (Å²) in [5, 5.41) is 14.2. The van der Waals surface area contributed by atoms with Gasteiger partial charge in [0.25, 0.3) is 0 Å². The Bertz CT molecular complexity index is 816. The lowest BCUT2D eigenvalue weighted by Gasteiger charge is -2.22. The first-order valence-electron chi connectivity index (χ1n) is 9.13. The largest absolute Gasteiger partial charge is 0.383 e. The number of nitrogens with one attached hydrogen (secondary N) is 1. The number of pyridine rings is 1. The minimum atomic E-state index is -0.833. The van der Waals surface area contributed by atoms with Crippen LogP contribution in [0.5, 0.6) is 0 Å². The Kier molecular flexibility index (Phi) is 4.12. The molecular formula is C20H25N3O2. The van der Waals surface area contributed by atoms with Crippen molar-refractivity contribution in [2.75, 3.05) is 18.0 Å². The standard InChI is InChI=1S/C20H25N3O2/c1-12-7-9-21-18-13(2)3-6-16(17(12)18)23-10-8-15(11-23)22-20(25)19(24)14-4-5-14/h3,6-7,9,14-15,19,24H,4-5,8,10-11H2,1-2H3,(H,22,25)/t15?,19-/m1/s1. The zero-order valence-corrected chi connectivity index (χ0v) is 14.8. The number of hydrogen-bond donors (Lipinski definition) is 2. The van der Waals surface area contributed by atoms with E-state index < -0.39 is 6.10 Å². The molecule has 1 aliphatic heterocycles. The first kappa shape index (κ1) is 16.3. The zero-order chi connectivity index (χ0) is 17.6. The first-order valence-corrected chi connectivity index (χ1v) is 9.13. The van der Waals surface area contributed by atoms with Gasteiger partial charge in [0.2, 0.25) is 5.91 Å². The Morgan fingerprint density at radius 3 is 2.80 bits per heavy atom. The summed E-state index contributed by atoms with van der Waals surface area (Å²) in [4.78, 5) is 19.0. The number of amides is 1. The van der Waals surface area contributed by atoms with Gasteiger partial charge in [-0.05, 0) is 62.3 Å². The molecule has 2 aliphatic rings. The van der Waals surface area contributed by atoms with E-state index in [4.69, 9.17) is 0 Å². The number of aromatic nitrogens is 1. The number of nitrogens with zero attached hydrogens (tertiary/aromatic N) is 2. The van der Waals surface area contributed by atoms with Gasteiger partial charge in [-0.3, -0.25) is 9.78 Å². The SMILES string of the molecule is Cc1ccc(N2CCC(NC(=O)[C@H](O)C3CC3)C2)c2c(C)ccnc12. The van der Waals surface area contributed by atoms with E-state index in [1.807, 2.05) is 12.3 Å². The maximum absolute atomic E-state index is 12.1. The molecule has 2 atom stereocenters. The van der Waals surface area contributed by atoms with Crippen LogP contribution in [0.3, 0.4) is 0 Å². The molecule has 0 spiro atoms. The predicted molar refractivity (Wildman–Crippen MR) is 98.7 cm³/mol. The maximum Gasteiger partial charge on any atom is 0.249 e. The fourth-order valence-electron chi connectivity index (χ4n) is 3.82. The first-order chi connectivity index (χ1) is 12.0. The summed E-state index contributed by atoms with van der Waals surface area (Å²) in [6.45, 7) is 5.88. The van der Waals surface area contributed by atoms with Crippen molar-refractivity contribution < 1.29 is 9.90 Å². The van der Waals surface area contributed by atoms with Crippen molar-refractivity contribution in [2.45, 2.75) is 45.3 Å². The van der Waals surface area contributed by atoms with E-state index in [9.17, 15) is 9.90 Å². The van der Waals surface area contributed by atoms with Crippen LogP contribution in [-0.4, -0.2) is 41.2 Å². The Hall–Kier alpha value is -2.14. The topological polar surface area (TPSA) is 65.5 Å². The molecule has 1 saturated carbocycles. The number of rotatable bonds is 4. The van der Waals surface area contributed by atoms with Crippen molar-refractivity contribution in [3.63, 3.8) is 0 Å². The Labute approximate surface area is 148 Å². The summed E-state index contributed by atoms with van der Waals surface area (Å²) in [7, 11) is 0. The summed E-state index contributed by atoms with van der Waals surface area (Å²) in [6.07, 6.45) is 3.86. The molecule has 2 N–H and O–H groups in total. The van der Waals surface area contributed by atoms with Crippen LogP contribution in [0.1, 0.15) is 30.4 Å². The second kappa shape index (κ2) is 6.30. The van der Waals surface area contributed by atoms with E-state index in [0.717, 1.165) is 37.9 Å². The van der Waals surface area contributed by atoms with Gasteiger partial charge in [0.1, 0.15) is 6.10 Å². The third kappa shape index (κ3) is 3.09. The fourth-order valence-corrected chi connectivity index (χ4v) is 3.82. The second-order valence-corrected chi connectivity index (χ2v) is 7.48. The highest BCUT2D eigenvalue weighted by Crippen LogP contribution is 2.34. The molecule has 4 rings (SSSR count). The molecule has 132 valence electrons. The number of carbonyl (C=O) groups is 1. The van der Waals surface area contributed by atoms with E-state index in [2.05, 4.69) is 41.2 Å². The molecule has 1 saturated heterocycles. The molecule has 25 heavy (non-hydrogen) atoms. The fraction of sp³-hybridized carbons (Fsp3) is 0.500. The number of aliphatic hydroxyl groups excluding tert-OH is 1. The quantitative estimate of drug-likeness (QED) is 0.897. The van der Waals surface area contributed by atoms with Gasteiger partial charge < -0.3 is 15.3 Å². The van der Waals surface area contributed by atoms with Crippen LogP contribution >= 0.6 is 0 Å². The summed E-state index contributed by atoms with van der Waals surface area (Å²) in [5.74, 6) is -0.0340. The monoisotopic (exact) mass is 339 g/mol. The van der Waals surface area contributed by atoms with Gasteiger partial charge in [-0.15, -0.1) is 0 Å². The van der Waals surface area contributed by atoms with E-state index in [-0.39, 0.29) is 17.9 Å². The van der Waals surface area contributed by atoms with E-state index >= 15 is 0 Å². The van der Waals surface area contributed by atoms with Gasteiger partial charge >= 0.3 is 0 Å². The third-order valence-electron chi connectivity index (χ3n) is 5.49. The van der Waals surface area contributed by atoms with Crippen LogP contribution in [0.2, 0.25) is 0 Å². The minimum Gasteiger partial charge on any atom is -0.383 e. The highest BCUT2D eigenvalue weighted by Gasteiger charge is 2.36. The van der Waals surface area contributed by atoms with Crippen LogP contribution in [-0.2, 0) is 4.79 Å². The number of aliphatic hydroxyl groups is 1. The molecule has 0 bridgehead atoms. The number of fused-ring (bicyclic) bond motifs is 1. The van der Waals surface area contributed by atoms with Crippen molar-refractivity contribution in [2.24, 2.45) is 5.92 Å². The summed E-state index contributed by atoms with van der Waals surface area (Å²) in [6, 6.07) is 6.42. The van der Waals surface area contributed by atoms with Crippen LogP contribution < -0.4 is 10.2 Å². The number of carbonyl (C=O) groups excluding carboxylic acids is 1. The molecule has 2 aromatic rings. The van der Waals surface area contributed by atoms with Gasteiger partial charge in [-0.2, -0.15) is 0 Å². The predicted octanol–water partition coefficient (Wildman–Crippen LogP) is 2.32. The summed E-state index contributed by atoms with van der Waals surface area (Å²) >= 11 is 0. The summed E-state index contributed by atoms with van der Waals surface area (Å²) < 4.78 is 0. The molecule has 2 heterocycles. The van der Waals surface area contributed by atoms with Crippen molar-refractivity contribution in [1.82, 2.24) is 10.3 Å². The number of aryl methyl sites for hydroxylation is 2. The summed E-state index contributed by atoms with van der Waals surface area (Å²) in [5.41, 5.74) is 4.64. The normalized spacial score (nSPS) is 21.6. The molecule has 5 heteroatoms. The lowest BCUT2D eigenvalue weighted by Crippen LogP contribution is -2.43. The van der Waals surface area contributed by atoms with E-state index in [1.54, 1.807) is 0 Å². The molecule has 1 aliphatic carbocycles. The third-order valence-corrected chi connectivity index (χ3v) is 5.49. The molecule has 1 amide bonds. The van der Waals surface area contributed by atoms with Crippen molar-refractivity contribution in [3.05, 3.63) is 35.5 Å². The number of benzene rings is 1. The molecule has 2 fully saturated rings. The number of hydrogen-bond acceptors (Lipinski definition) is 4. The van der Waals surface area contributed by atoms with Gasteiger partial charge in [0, 0.05) is 36.4 Å². The van der Waals surface area contributed by atoms with Crippen molar-refractivity contribution in [1.29, 1.82) is 0 Å². The molecule has 1 unspecified atom stereocenters. The maximum atomic E-state index is 12.1. The van der Waals surface area contributed by atoms with Crippen LogP contribution in [0.4, 0.5) is 5.69 Å². The number of anilines is 1. The van der Waals surface area contributed by atoms with Crippen LogP contribution in [0.15, 0.2) is 24.4 Å². The lowest BCUT2D eigenvalue weighted by atomic mass is 10.0. The smallest absolute Gasteiger partial charge is 0.249 e. The molecular weight excluding hydrogens is 314 g/mol. The van der Waals surface area contributed by atoms with Gasteiger partial charge in [-0.25, -0.2) is 0 Å². The molecule has 5 nitrogen and oxygen atoms in total. The lowest BCUT2D eigenvalue weighted by molar-refractivity contribution is -0.130. The van der Waals surface area contributed by atoms with Crippen LogP contribution in [0, 0.1) is 19.8 Å². The van der Waals surface area contributed by atoms with Crippen molar-refractivity contribution in [3.8, 4) is 0 Å². The average Bonchev–Trinajstić information content (AvgIpc) is 3.35. The highest BCUT2D eigenvalue weighted by atomic mass is 16.3. The molecule has 1 aromatic heterocycles. The zero-order valence-electron chi connectivity index (χ0n) is 14.8. The Balaban J connectivity index is 1.53. The molecule has 0 radical (unpaired) electrons. The van der Waals surface area contributed by atoms with Crippen LogP contribution in [0.25, 0.3) is 10.9 Å². The Morgan fingerprint density at radius 2 is 2.04 bits per heavy atom. The second-order valence-electron chi connectivity index (χ2n) is 7.48. The van der Waals surface area contributed by atoms with Gasteiger partial charge in [-0.1, -0.05) is 6.07 Å². The average molecular weight is 339 g/mol. The van der Waals surface area contributed by atoms with E-state index in [0.29, 0.717) is 0 Å².